The zero-order valence-electron chi connectivity index (χ0n) is 12.7. The summed E-state index contributed by atoms with van der Waals surface area (Å²) in [7, 11) is 0. The van der Waals surface area contributed by atoms with Crippen LogP contribution in [-0.4, -0.2) is 21.4 Å². The van der Waals surface area contributed by atoms with Gasteiger partial charge in [-0.1, -0.05) is 43.1 Å². The van der Waals surface area contributed by atoms with Gasteiger partial charge in [0.1, 0.15) is 0 Å². The zero-order valence-corrected chi connectivity index (χ0v) is 16.7. The van der Waals surface area contributed by atoms with Crippen molar-refractivity contribution in [2.75, 3.05) is 11.9 Å². The molecule has 0 radical (unpaired) electrons. The van der Waals surface area contributed by atoms with Gasteiger partial charge in [0.25, 0.3) is 0 Å². The van der Waals surface area contributed by atoms with E-state index in [4.69, 9.17) is 35.4 Å². The topological polar surface area (TPSA) is 41.9 Å². The van der Waals surface area contributed by atoms with Crippen molar-refractivity contribution >= 4 is 62.3 Å². The van der Waals surface area contributed by atoms with Gasteiger partial charge in [-0.3, -0.25) is 4.68 Å². The number of nitrogens with zero attached hydrogens (tertiary/aromatic N) is 2. The fraction of sp³-hybridized carbons (Fsp3) is 0.333. The summed E-state index contributed by atoms with van der Waals surface area (Å²) in [4.78, 5) is 0. The van der Waals surface area contributed by atoms with Gasteiger partial charge in [-0.2, -0.15) is 5.10 Å². The largest absolute Gasteiger partial charge is 0.362 e. The summed E-state index contributed by atoms with van der Waals surface area (Å²) in [6.07, 6.45) is 1.87. The van der Waals surface area contributed by atoms with Gasteiger partial charge in [-0.15, -0.1) is 0 Å². The van der Waals surface area contributed by atoms with E-state index >= 15 is 0 Å². The van der Waals surface area contributed by atoms with Crippen LogP contribution in [0.4, 0.5) is 5.82 Å². The Balaban J connectivity index is 2.04. The quantitative estimate of drug-likeness (QED) is 0.652. The molecule has 0 unspecified atom stereocenters. The molecule has 1 aromatic carbocycles. The third kappa shape index (κ3) is 5.64. The Hall–Kier alpha value is -0.820. The van der Waals surface area contributed by atoms with Gasteiger partial charge < -0.3 is 10.6 Å². The Labute approximate surface area is 159 Å². The molecular weight excluding hydrogens is 419 g/mol. The Morgan fingerprint density at radius 2 is 2.13 bits per heavy atom. The first-order valence-electron chi connectivity index (χ1n) is 7.07. The van der Waals surface area contributed by atoms with Gasteiger partial charge in [0.2, 0.25) is 0 Å². The Morgan fingerprint density at radius 3 is 2.78 bits per heavy atom. The van der Waals surface area contributed by atoms with Crippen molar-refractivity contribution < 1.29 is 0 Å². The molecule has 1 aromatic heterocycles. The van der Waals surface area contributed by atoms with Gasteiger partial charge >= 0.3 is 0 Å². The number of halogens is 3. The van der Waals surface area contributed by atoms with Crippen LogP contribution in [0.15, 0.2) is 28.9 Å². The van der Waals surface area contributed by atoms with E-state index < -0.39 is 0 Å². The number of hydrogen-bond acceptors (Lipinski definition) is 2. The molecule has 0 aliphatic heterocycles. The number of hydrogen-bond donors (Lipinski definition) is 2. The fourth-order valence-corrected chi connectivity index (χ4v) is 2.90. The Bertz CT molecular complexity index is 703. The second-order valence-corrected chi connectivity index (χ2v) is 7.59. The molecule has 23 heavy (non-hydrogen) atoms. The van der Waals surface area contributed by atoms with Gasteiger partial charge in [0, 0.05) is 22.8 Å². The monoisotopic (exact) mass is 434 g/mol. The van der Waals surface area contributed by atoms with Crippen LogP contribution in [0.1, 0.15) is 19.4 Å². The normalized spacial score (nSPS) is 10.9. The SMILES string of the molecule is CC(C)CNC(=S)Nc1nn(Cc2ccc(Cl)cc2Cl)cc1Br. The van der Waals surface area contributed by atoms with Crippen LogP contribution in [0.3, 0.4) is 0 Å². The fourth-order valence-electron chi connectivity index (χ4n) is 1.84. The summed E-state index contributed by atoms with van der Waals surface area (Å²) < 4.78 is 2.61. The number of rotatable bonds is 5. The van der Waals surface area contributed by atoms with Crippen molar-refractivity contribution in [3.05, 3.63) is 44.5 Å². The molecule has 0 amide bonds. The van der Waals surface area contributed by atoms with Crippen LogP contribution in [0.25, 0.3) is 0 Å². The summed E-state index contributed by atoms with van der Waals surface area (Å²) in [5, 5.41) is 12.5. The second-order valence-electron chi connectivity index (χ2n) is 5.49. The lowest BCUT2D eigenvalue weighted by Gasteiger charge is -2.10. The highest BCUT2D eigenvalue weighted by Gasteiger charge is 2.10. The molecule has 0 saturated heterocycles. The highest BCUT2D eigenvalue weighted by atomic mass is 79.9. The smallest absolute Gasteiger partial charge is 0.172 e. The minimum Gasteiger partial charge on any atom is -0.362 e. The van der Waals surface area contributed by atoms with Gasteiger partial charge in [-0.25, -0.2) is 0 Å². The molecular formula is C15H17BrCl2N4S. The van der Waals surface area contributed by atoms with Crippen LogP contribution < -0.4 is 10.6 Å². The molecule has 1 heterocycles. The van der Waals surface area contributed by atoms with Crippen molar-refractivity contribution in [3.8, 4) is 0 Å². The maximum absolute atomic E-state index is 6.20. The summed E-state index contributed by atoms with van der Waals surface area (Å²) in [6.45, 7) is 5.60. The van der Waals surface area contributed by atoms with Crippen LogP contribution in [0.2, 0.25) is 10.0 Å². The van der Waals surface area contributed by atoms with E-state index in [2.05, 4.69) is 45.5 Å². The molecule has 8 heteroatoms. The predicted octanol–water partition coefficient (Wildman–Crippen LogP) is 4.94. The minimum absolute atomic E-state index is 0.516. The summed E-state index contributed by atoms with van der Waals surface area (Å²) in [5.41, 5.74) is 0.943. The van der Waals surface area contributed by atoms with E-state index in [1.165, 1.54) is 0 Å². The average Bonchev–Trinajstić information content (AvgIpc) is 2.80. The highest BCUT2D eigenvalue weighted by molar-refractivity contribution is 9.10. The molecule has 0 saturated carbocycles. The zero-order chi connectivity index (χ0) is 17.0. The molecule has 2 aromatic rings. The first-order chi connectivity index (χ1) is 10.8. The third-order valence-corrected chi connectivity index (χ3v) is 4.38. The minimum atomic E-state index is 0.516. The van der Waals surface area contributed by atoms with Crippen molar-refractivity contribution in [2.45, 2.75) is 20.4 Å². The maximum atomic E-state index is 6.20. The molecule has 0 aliphatic carbocycles. The molecule has 0 bridgehead atoms. The van der Waals surface area contributed by atoms with Gasteiger partial charge in [0.05, 0.1) is 11.0 Å². The lowest BCUT2D eigenvalue weighted by Crippen LogP contribution is -2.31. The number of benzene rings is 1. The number of anilines is 1. The molecule has 0 fully saturated rings. The van der Waals surface area contributed by atoms with E-state index in [9.17, 15) is 0 Å². The molecule has 0 spiro atoms. The second kappa shape index (κ2) is 8.33. The van der Waals surface area contributed by atoms with Crippen LogP contribution in [0, 0.1) is 5.92 Å². The third-order valence-electron chi connectivity index (χ3n) is 2.97. The maximum Gasteiger partial charge on any atom is 0.172 e. The van der Waals surface area contributed by atoms with Crippen molar-refractivity contribution in [1.29, 1.82) is 0 Å². The highest BCUT2D eigenvalue weighted by Crippen LogP contribution is 2.24. The van der Waals surface area contributed by atoms with Gasteiger partial charge in [0.15, 0.2) is 10.9 Å². The molecule has 4 nitrogen and oxygen atoms in total. The van der Waals surface area contributed by atoms with E-state index in [-0.39, 0.29) is 0 Å². The van der Waals surface area contributed by atoms with Crippen LogP contribution in [0.5, 0.6) is 0 Å². The number of thiocarbonyl (C=S) groups is 1. The molecule has 124 valence electrons. The first-order valence-corrected chi connectivity index (χ1v) is 9.02. The Kier molecular flexibility index (Phi) is 6.71. The van der Waals surface area contributed by atoms with E-state index in [1.54, 1.807) is 10.7 Å². The number of aromatic nitrogens is 2. The lowest BCUT2D eigenvalue weighted by atomic mass is 10.2. The molecule has 2 rings (SSSR count). The van der Waals surface area contributed by atoms with Gasteiger partial charge in [-0.05, 0) is 51.8 Å². The summed E-state index contributed by atoms with van der Waals surface area (Å²) in [5.74, 6) is 1.18. The number of nitrogens with one attached hydrogen (secondary N) is 2. The van der Waals surface area contributed by atoms with E-state index in [0.29, 0.717) is 33.4 Å². The molecule has 2 N–H and O–H groups in total. The summed E-state index contributed by atoms with van der Waals surface area (Å²) >= 11 is 20.9. The molecule has 0 aliphatic rings. The van der Waals surface area contributed by atoms with Crippen molar-refractivity contribution in [2.24, 2.45) is 5.92 Å². The first kappa shape index (κ1) is 18.5. The lowest BCUT2D eigenvalue weighted by molar-refractivity contribution is 0.627. The van der Waals surface area contributed by atoms with Crippen molar-refractivity contribution in [3.63, 3.8) is 0 Å². The summed E-state index contributed by atoms with van der Waals surface area (Å²) in [6, 6.07) is 5.43. The standard InChI is InChI=1S/C15H17BrCl2N4S/c1-9(2)6-19-15(23)20-14-12(16)8-22(21-14)7-10-3-4-11(17)5-13(10)18/h3-5,8-9H,6-7H2,1-2H3,(H2,19,20,21,23). The van der Waals surface area contributed by atoms with Crippen LogP contribution in [-0.2, 0) is 6.54 Å². The van der Waals surface area contributed by atoms with Crippen LogP contribution >= 0.6 is 51.3 Å². The predicted molar refractivity (Wildman–Crippen MR) is 105 cm³/mol. The van der Waals surface area contributed by atoms with Crippen molar-refractivity contribution in [1.82, 2.24) is 15.1 Å². The average molecular weight is 436 g/mol. The molecule has 0 atom stereocenters. The Morgan fingerprint density at radius 1 is 1.39 bits per heavy atom. The van der Waals surface area contributed by atoms with E-state index in [1.807, 2.05) is 18.3 Å². The van der Waals surface area contributed by atoms with E-state index in [0.717, 1.165) is 16.6 Å².